The monoisotopic (exact) mass is 255 g/mol. The highest BCUT2D eigenvalue weighted by Gasteiger charge is 2.06. The van der Waals surface area contributed by atoms with Gasteiger partial charge in [0, 0.05) is 23.7 Å². The third-order valence-electron chi connectivity index (χ3n) is 2.91. The molecule has 0 saturated heterocycles. The molecular weight excluding hydrogens is 242 g/mol. The van der Waals surface area contributed by atoms with Crippen molar-refractivity contribution in [1.82, 2.24) is 20.3 Å². The molecular formula is C13H13N5O. The Labute approximate surface area is 109 Å². The van der Waals surface area contributed by atoms with E-state index in [-0.39, 0.29) is 0 Å². The van der Waals surface area contributed by atoms with Gasteiger partial charge < -0.3 is 9.84 Å². The normalized spacial score (nSPS) is 10.8. The molecule has 2 aromatic heterocycles. The lowest BCUT2D eigenvalue weighted by Gasteiger charge is -2.08. The van der Waals surface area contributed by atoms with Crippen LogP contribution in [0.5, 0.6) is 0 Å². The molecule has 0 aliphatic heterocycles. The lowest BCUT2D eigenvalue weighted by molar-refractivity contribution is 0.379. The second-order valence-electron chi connectivity index (χ2n) is 4.19. The predicted molar refractivity (Wildman–Crippen MR) is 70.8 cm³/mol. The van der Waals surface area contributed by atoms with Crippen molar-refractivity contribution < 1.29 is 4.52 Å². The van der Waals surface area contributed by atoms with E-state index in [1.54, 1.807) is 0 Å². The van der Waals surface area contributed by atoms with E-state index < -0.39 is 0 Å². The van der Waals surface area contributed by atoms with E-state index in [0.717, 1.165) is 22.3 Å². The summed E-state index contributed by atoms with van der Waals surface area (Å²) >= 11 is 0. The summed E-state index contributed by atoms with van der Waals surface area (Å²) in [6.07, 6.45) is 2.06. The molecule has 0 aliphatic rings. The van der Waals surface area contributed by atoms with Crippen LogP contribution in [0.4, 0.5) is 5.82 Å². The Morgan fingerprint density at radius 3 is 2.79 bits per heavy atom. The van der Waals surface area contributed by atoms with Crippen LogP contribution in [0.2, 0.25) is 0 Å². The van der Waals surface area contributed by atoms with Gasteiger partial charge in [-0.05, 0) is 6.92 Å². The molecule has 0 bridgehead atoms. The molecule has 1 N–H and O–H groups in total. The smallest absolute Gasteiger partial charge is 0.228 e. The van der Waals surface area contributed by atoms with Crippen LogP contribution in [0.15, 0.2) is 35.1 Å². The minimum absolute atomic E-state index is 0.608. The molecule has 3 rings (SSSR count). The van der Waals surface area contributed by atoms with E-state index in [4.69, 9.17) is 4.52 Å². The van der Waals surface area contributed by atoms with Crippen LogP contribution in [-0.2, 0) is 6.42 Å². The summed E-state index contributed by atoms with van der Waals surface area (Å²) in [6, 6.07) is 8.07. The third kappa shape index (κ3) is 2.37. The number of benzene rings is 1. The first kappa shape index (κ1) is 11.6. The fourth-order valence-electron chi connectivity index (χ4n) is 1.96. The van der Waals surface area contributed by atoms with Gasteiger partial charge in [0.1, 0.15) is 0 Å². The molecule has 6 nitrogen and oxygen atoms in total. The molecule has 0 atom stereocenters. The highest BCUT2D eigenvalue weighted by molar-refractivity contribution is 5.92. The molecule has 0 radical (unpaired) electrons. The van der Waals surface area contributed by atoms with Crippen LogP contribution in [0.1, 0.15) is 11.6 Å². The summed E-state index contributed by atoms with van der Waals surface area (Å²) in [7, 11) is 0. The number of nitrogens with zero attached hydrogens (tertiary/aromatic N) is 4. The molecule has 0 spiro atoms. The number of aromatic nitrogens is 4. The molecule has 0 saturated carbocycles. The van der Waals surface area contributed by atoms with E-state index >= 15 is 0 Å². The number of hydrogen-bond acceptors (Lipinski definition) is 6. The van der Waals surface area contributed by atoms with Gasteiger partial charge in [-0.1, -0.05) is 29.4 Å². The van der Waals surface area contributed by atoms with E-state index in [1.807, 2.05) is 31.2 Å². The molecule has 0 unspecified atom stereocenters. The second kappa shape index (κ2) is 5.01. The van der Waals surface area contributed by atoms with Crippen LogP contribution in [0, 0.1) is 6.92 Å². The average molecular weight is 255 g/mol. The van der Waals surface area contributed by atoms with Crippen molar-refractivity contribution in [2.45, 2.75) is 13.3 Å². The van der Waals surface area contributed by atoms with Crippen molar-refractivity contribution in [3.63, 3.8) is 0 Å². The first-order valence-electron chi connectivity index (χ1n) is 6.06. The van der Waals surface area contributed by atoms with Crippen LogP contribution in [0.3, 0.4) is 0 Å². The number of anilines is 1. The maximum absolute atomic E-state index is 4.94. The lowest BCUT2D eigenvalue weighted by atomic mass is 10.1. The highest BCUT2D eigenvalue weighted by Crippen LogP contribution is 2.21. The van der Waals surface area contributed by atoms with Crippen LogP contribution in [-0.4, -0.2) is 26.9 Å². The summed E-state index contributed by atoms with van der Waals surface area (Å²) in [5.41, 5.74) is 0.929. The number of nitrogens with one attached hydrogen (secondary N) is 1. The van der Waals surface area contributed by atoms with E-state index in [0.29, 0.717) is 18.9 Å². The number of rotatable bonds is 4. The van der Waals surface area contributed by atoms with Crippen LogP contribution in [0.25, 0.3) is 10.8 Å². The maximum atomic E-state index is 4.94. The Morgan fingerprint density at radius 1 is 1.16 bits per heavy atom. The standard InChI is InChI=1S/C13H13N5O/c1-9-10-4-2-3-5-11(10)13(18-17-9)14-7-6-12-15-8-16-19-12/h2-5,8H,6-7H2,1H3,(H,14,18). The van der Waals surface area contributed by atoms with Gasteiger partial charge in [-0.2, -0.15) is 10.1 Å². The van der Waals surface area contributed by atoms with E-state index in [1.165, 1.54) is 6.33 Å². The van der Waals surface area contributed by atoms with Gasteiger partial charge in [-0.25, -0.2) is 0 Å². The first-order valence-corrected chi connectivity index (χ1v) is 6.06. The summed E-state index contributed by atoms with van der Waals surface area (Å²) in [5, 5.41) is 17.4. The summed E-state index contributed by atoms with van der Waals surface area (Å²) in [4.78, 5) is 3.97. The van der Waals surface area contributed by atoms with Crippen molar-refractivity contribution in [3.05, 3.63) is 42.2 Å². The molecule has 0 amide bonds. The van der Waals surface area contributed by atoms with Gasteiger partial charge in [0.25, 0.3) is 0 Å². The van der Waals surface area contributed by atoms with Crippen LogP contribution < -0.4 is 5.32 Å². The molecule has 0 fully saturated rings. The first-order chi connectivity index (χ1) is 9.34. The molecule has 2 heterocycles. The molecule has 6 heteroatoms. The molecule has 3 aromatic rings. The lowest BCUT2D eigenvalue weighted by Crippen LogP contribution is -2.08. The zero-order valence-electron chi connectivity index (χ0n) is 10.5. The Bertz CT molecular complexity index is 681. The zero-order valence-corrected chi connectivity index (χ0v) is 10.5. The number of aryl methyl sites for hydroxylation is 1. The Balaban J connectivity index is 1.79. The van der Waals surface area contributed by atoms with Crippen molar-refractivity contribution in [2.75, 3.05) is 11.9 Å². The fourth-order valence-corrected chi connectivity index (χ4v) is 1.96. The Hall–Kier alpha value is -2.50. The summed E-state index contributed by atoms with van der Waals surface area (Å²) in [6.45, 7) is 2.63. The average Bonchev–Trinajstić information content (AvgIpc) is 2.95. The highest BCUT2D eigenvalue weighted by atomic mass is 16.5. The largest absolute Gasteiger partial charge is 0.368 e. The van der Waals surface area contributed by atoms with Gasteiger partial charge in [0.2, 0.25) is 5.89 Å². The molecule has 19 heavy (non-hydrogen) atoms. The van der Waals surface area contributed by atoms with E-state index in [2.05, 4.69) is 25.7 Å². The molecule has 0 aliphatic carbocycles. The number of fused-ring (bicyclic) bond motifs is 1. The molecule has 1 aromatic carbocycles. The SMILES string of the molecule is Cc1nnc(NCCc2ncno2)c2ccccc12. The van der Waals surface area contributed by atoms with Crippen molar-refractivity contribution >= 4 is 16.6 Å². The van der Waals surface area contributed by atoms with Crippen molar-refractivity contribution in [2.24, 2.45) is 0 Å². The van der Waals surface area contributed by atoms with Gasteiger partial charge in [-0.3, -0.25) is 0 Å². The second-order valence-corrected chi connectivity index (χ2v) is 4.19. The summed E-state index contributed by atoms with van der Waals surface area (Å²) < 4.78 is 4.94. The van der Waals surface area contributed by atoms with Gasteiger partial charge >= 0.3 is 0 Å². The zero-order chi connectivity index (χ0) is 13.1. The molecule has 96 valence electrons. The predicted octanol–water partition coefficient (Wildman–Crippen LogP) is 1.98. The van der Waals surface area contributed by atoms with Crippen molar-refractivity contribution in [3.8, 4) is 0 Å². The Kier molecular flexibility index (Phi) is 3.06. The minimum Gasteiger partial charge on any atom is -0.368 e. The quantitative estimate of drug-likeness (QED) is 0.768. The topological polar surface area (TPSA) is 76.7 Å². The van der Waals surface area contributed by atoms with E-state index in [9.17, 15) is 0 Å². The van der Waals surface area contributed by atoms with Crippen molar-refractivity contribution in [1.29, 1.82) is 0 Å². The van der Waals surface area contributed by atoms with Gasteiger partial charge in [-0.15, -0.1) is 5.10 Å². The summed E-state index contributed by atoms with van der Waals surface area (Å²) in [5.74, 6) is 1.39. The Morgan fingerprint density at radius 2 is 2.00 bits per heavy atom. The van der Waals surface area contributed by atoms with Crippen LogP contribution >= 0.6 is 0 Å². The maximum Gasteiger partial charge on any atom is 0.228 e. The minimum atomic E-state index is 0.608. The third-order valence-corrected chi connectivity index (χ3v) is 2.91. The van der Waals surface area contributed by atoms with Gasteiger partial charge in [0.15, 0.2) is 12.1 Å². The number of hydrogen-bond donors (Lipinski definition) is 1. The van der Waals surface area contributed by atoms with Gasteiger partial charge in [0.05, 0.1) is 5.69 Å². The fraction of sp³-hybridized carbons (Fsp3) is 0.231.